The molecule has 163 valence electrons. The van der Waals surface area contributed by atoms with E-state index >= 15 is 0 Å². The second kappa shape index (κ2) is 8.59. The number of carbonyl (C=O) groups excluding carboxylic acids is 1. The van der Waals surface area contributed by atoms with E-state index in [2.05, 4.69) is 29.8 Å². The topological polar surface area (TPSA) is 93.3 Å². The molecule has 2 aromatic heterocycles. The Labute approximate surface area is 181 Å². The first-order valence-electron chi connectivity index (χ1n) is 10.7. The Morgan fingerprint density at radius 3 is 2.74 bits per heavy atom. The summed E-state index contributed by atoms with van der Waals surface area (Å²) in [6.07, 6.45) is 5.15. The number of carbonyl (C=O) groups is 1. The van der Waals surface area contributed by atoms with Crippen LogP contribution >= 0.6 is 0 Å². The van der Waals surface area contributed by atoms with Crippen molar-refractivity contribution in [2.24, 2.45) is 11.1 Å². The van der Waals surface area contributed by atoms with E-state index in [0.717, 1.165) is 27.8 Å². The lowest BCUT2D eigenvalue weighted by Crippen LogP contribution is -2.40. The molecule has 1 radical (unpaired) electrons. The van der Waals surface area contributed by atoms with Crippen molar-refractivity contribution in [2.45, 2.75) is 33.1 Å². The van der Waals surface area contributed by atoms with Gasteiger partial charge in [-0.3, -0.25) is 4.79 Å². The van der Waals surface area contributed by atoms with Crippen LogP contribution in [0.4, 0.5) is 4.79 Å². The van der Waals surface area contributed by atoms with Crippen molar-refractivity contribution in [3.8, 4) is 17.0 Å². The van der Waals surface area contributed by atoms with Gasteiger partial charge >= 0.3 is 6.03 Å². The molecule has 1 fully saturated rings. The first-order chi connectivity index (χ1) is 14.8. The summed E-state index contributed by atoms with van der Waals surface area (Å²) in [5, 5.41) is 0.926. The maximum absolute atomic E-state index is 12.5. The number of benzene rings is 1. The monoisotopic (exact) mass is 421 g/mol. The Hall–Kier alpha value is -3.06. The van der Waals surface area contributed by atoms with Crippen LogP contribution in [-0.4, -0.2) is 46.7 Å². The maximum atomic E-state index is 12.5. The first-order valence-corrected chi connectivity index (χ1v) is 10.7. The van der Waals surface area contributed by atoms with Gasteiger partial charge in [-0.1, -0.05) is 20.3 Å². The average Bonchev–Trinajstić information content (AvgIpc) is 3.16. The number of likely N-dealkylation sites (tertiary alicyclic amines) is 1. The predicted molar refractivity (Wildman–Crippen MR) is 121 cm³/mol. The second-order valence-corrected chi connectivity index (χ2v) is 9.09. The minimum absolute atomic E-state index is 0.0509. The van der Waals surface area contributed by atoms with Crippen LogP contribution in [0.2, 0.25) is 0 Å². The molecule has 3 heterocycles. The minimum Gasteiger partial charge on any atom is -0.493 e. The van der Waals surface area contributed by atoms with Crippen molar-refractivity contribution in [3.05, 3.63) is 52.9 Å². The molecule has 4 rings (SSSR count). The number of amides is 1. The largest absolute Gasteiger partial charge is 0.493 e. The molecule has 1 saturated heterocycles. The molecular formula is C24H29N4O3. The number of pyridine rings is 1. The van der Waals surface area contributed by atoms with Gasteiger partial charge in [0, 0.05) is 35.1 Å². The van der Waals surface area contributed by atoms with E-state index in [1.807, 2.05) is 24.3 Å². The molecule has 0 spiro atoms. The van der Waals surface area contributed by atoms with Crippen molar-refractivity contribution in [1.29, 1.82) is 0 Å². The molecule has 0 unspecified atom stereocenters. The molecule has 1 amide bonds. The van der Waals surface area contributed by atoms with Crippen LogP contribution in [0.3, 0.4) is 0 Å². The number of H-pyrrole nitrogens is 1. The summed E-state index contributed by atoms with van der Waals surface area (Å²) in [5.74, 6) is 0.791. The third-order valence-electron chi connectivity index (χ3n) is 5.73. The summed E-state index contributed by atoms with van der Waals surface area (Å²) in [4.78, 5) is 29.7. The van der Waals surface area contributed by atoms with Crippen molar-refractivity contribution < 1.29 is 9.53 Å². The molecule has 7 heteroatoms. The molecule has 0 atom stereocenters. The highest BCUT2D eigenvalue weighted by molar-refractivity contribution is 5.87. The molecule has 7 nitrogen and oxygen atoms in total. The quantitative estimate of drug-likeness (QED) is 0.636. The van der Waals surface area contributed by atoms with Crippen LogP contribution in [0.25, 0.3) is 22.2 Å². The molecule has 0 aliphatic carbocycles. The minimum atomic E-state index is -0.831. The van der Waals surface area contributed by atoms with Gasteiger partial charge in [0.15, 0.2) is 0 Å². The zero-order valence-electron chi connectivity index (χ0n) is 18.1. The van der Waals surface area contributed by atoms with Crippen LogP contribution in [0.15, 0.2) is 41.3 Å². The van der Waals surface area contributed by atoms with Gasteiger partial charge in [-0.25, -0.2) is 9.36 Å². The molecule has 0 bridgehead atoms. The number of rotatable bonds is 6. The highest BCUT2D eigenvalue weighted by Gasteiger charge is 2.24. The first kappa shape index (κ1) is 21.2. The van der Waals surface area contributed by atoms with Crippen LogP contribution in [0.1, 0.15) is 33.1 Å². The number of aromatic amines is 1. The second-order valence-electron chi connectivity index (χ2n) is 9.09. The van der Waals surface area contributed by atoms with Gasteiger partial charge in [-0.05, 0) is 56.3 Å². The van der Waals surface area contributed by atoms with Gasteiger partial charge in [0.25, 0.3) is 5.56 Å². The van der Waals surface area contributed by atoms with E-state index < -0.39 is 11.6 Å². The maximum Gasteiger partial charge on any atom is 0.325 e. The third kappa shape index (κ3) is 4.82. The van der Waals surface area contributed by atoms with Crippen molar-refractivity contribution >= 4 is 16.9 Å². The molecule has 1 aromatic carbocycles. The summed E-state index contributed by atoms with van der Waals surface area (Å²) in [7, 11) is 0. The van der Waals surface area contributed by atoms with Crippen molar-refractivity contribution in [2.75, 3.05) is 26.2 Å². The van der Waals surface area contributed by atoms with Crippen molar-refractivity contribution in [1.82, 2.24) is 14.5 Å². The smallest absolute Gasteiger partial charge is 0.325 e. The highest BCUT2D eigenvalue weighted by atomic mass is 16.5. The van der Waals surface area contributed by atoms with Crippen LogP contribution in [0.5, 0.6) is 5.75 Å². The number of aromatic nitrogens is 2. The van der Waals surface area contributed by atoms with Crippen LogP contribution in [0, 0.1) is 11.5 Å². The Kier molecular flexibility index (Phi) is 5.87. The van der Waals surface area contributed by atoms with Gasteiger partial charge < -0.3 is 20.4 Å². The van der Waals surface area contributed by atoms with Crippen molar-refractivity contribution in [3.63, 3.8) is 0 Å². The fourth-order valence-electron chi connectivity index (χ4n) is 4.19. The Balaban J connectivity index is 1.50. The fourth-order valence-corrected chi connectivity index (χ4v) is 4.19. The highest BCUT2D eigenvalue weighted by Crippen LogP contribution is 2.27. The Morgan fingerprint density at radius 2 is 2.00 bits per heavy atom. The van der Waals surface area contributed by atoms with Gasteiger partial charge in [-0.15, -0.1) is 0 Å². The summed E-state index contributed by atoms with van der Waals surface area (Å²) in [5.41, 5.74) is 6.65. The number of nitrogens with two attached hydrogens (primary N) is 1. The van der Waals surface area contributed by atoms with E-state index in [4.69, 9.17) is 10.5 Å². The number of piperidine rings is 1. The van der Waals surface area contributed by atoms with Gasteiger partial charge in [0.05, 0.1) is 17.9 Å². The van der Waals surface area contributed by atoms with Crippen LogP contribution in [-0.2, 0) is 0 Å². The molecule has 1 aliphatic heterocycles. The lowest BCUT2D eigenvalue weighted by molar-refractivity contribution is 0.103. The van der Waals surface area contributed by atoms with E-state index in [1.54, 1.807) is 6.07 Å². The normalized spacial score (nSPS) is 15.3. The molecule has 3 aromatic rings. The summed E-state index contributed by atoms with van der Waals surface area (Å²) in [6.45, 7) is 8.49. The predicted octanol–water partition coefficient (Wildman–Crippen LogP) is 3.61. The SMILES string of the molecule is CC(C)(COc1ccc2[nH]c(-c3c[c]cn(C(N)=O)c3=O)cc2c1)CN1CCCCC1. The molecule has 31 heavy (non-hydrogen) atoms. The average molecular weight is 422 g/mol. The Morgan fingerprint density at radius 1 is 1.23 bits per heavy atom. The van der Waals surface area contributed by atoms with E-state index in [0.29, 0.717) is 17.9 Å². The zero-order chi connectivity index (χ0) is 22.0. The van der Waals surface area contributed by atoms with E-state index in [1.165, 1.54) is 38.5 Å². The number of fused-ring (bicyclic) bond motifs is 1. The number of hydrogen-bond donors (Lipinski definition) is 2. The third-order valence-corrected chi connectivity index (χ3v) is 5.73. The Bertz CT molecular complexity index is 1140. The summed E-state index contributed by atoms with van der Waals surface area (Å²) >= 11 is 0. The van der Waals surface area contributed by atoms with Gasteiger partial charge in [0.2, 0.25) is 0 Å². The van der Waals surface area contributed by atoms with Gasteiger partial charge in [0.1, 0.15) is 5.75 Å². The number of ether oxygens (including phenoxy) is 1. The summed E-state index contributed by atoms with van der Waals surface area (Å²) < 4.78 is 6.98. The molecule has 1 aliphatic rings. The number of hydrogen-bond acceptors (Lipinski definition) is 4. The van der Waals surface area contributed by atoms with Crippen LogP contribution < -0.4 is 16.0 Å². The fraction of sp³-hybridized carbons (Fsp3) is 0.417. The number of nitrogens with zero attached hydrogens (tertiary/aromatic N) is 2. The number of nitrogens with one attached hydrogen (secondary N) is 1. The molecular weight excluding hydrogens is 392 g/mol. The standard InChI is InChI=1S/C24H29N4O3/c1-24(2,15-27-10-4-3-5-11-27)16-31-18-8-9-20-17(13-18)14-21(26-20)19-7-6-12-28(22(19)29)23(25)30/h7-9,12-14,26H,3-5,10-11,15-16H2,1-2H3,(H2,25,30). The zero-order valence-corrected chi connectivity index (χ0v) is 18.1. The number of primary amides is 1. The van der Waals surface area contributed by atoms with Gasteiger partial charge in [-0.2, -0.15) is 0 Å². The molecule has 3 N–H and O–H groups in total. The van der Waals surface area contributed by atoms with E-state index in [-0.39, 0.29) is 5.41 Å². The van der Waals surface area contributed by atoms with E-state index in [9.17, 15) is 9.59 Å². The summed E-state index contributed by atoms with van der Waals surface area (Å²) in [6, 6.07) is 11.2. The lowest BCUT2D eigenvalue weighted by atomic mass is 9.93. The lowest BCUT2D eigenvalue weighted by Gasteiger charge is -2.34. The molecule has 0 saturated carbocycles.